The molecule has 9 heteroatoms. The van der Waals surface area contributed by atoms with Gasteiger partial charge < -0.3 is 9.80 Å². The number of hydrogen-bond donors (Lipinski definition) is 1. The van der Waals surface area contributed by atoms with E-state index in [4.69, 9.17) is 0 Å². The first-order valence-corrected chi connectivity index (χ1v) is 9.80. The minimum absolute atomic E-state index is 0. The third-order valence-electron chi connectivity index (χ3n) is 5.08. The molecule has 0 saturated carbocycles. The van der Waals surface area contributed by atoms with Gasteiger partial charge in [0.25, 0.3) is 0 Å². The Kier molecular flexibility index (Phi) is 6.78. The Hall–Kier alpha value is -2.71. The van der Waals surface area contributed by atoms with Gasteiger partial charge >= 0.3 is 6.03 Å². The lowest BCUT2D eigenvalue weighted by molar-refractivity contribution is 0.192. The maximum absolute atomic E-state index is 13.7. The summed E-state index contributed by atoms with van der Waals surface area (Å²) in [5.74, 6) is 1.31. The largest absolute Gasteiger partial charge is 0.355 e. The Balaban J connectivity index is 0.00000300. The van der Waals surface area contributed by atoms with Crippen LogP contribution in [0.25, 0.3) is 0 Å². The van der Waals surface area contributed by atoms with E-state index in [2.05, 4.69) is 25.5 Å². The maximum atomic E-state index is 13.7. The highest BCUT2D eigenvalue weighted by Gasteiger charge is 2.26. The van der Waals surface area contributed by atoms with Gasteiger partial charge in [0.2, 0.25) is 0 Å². The Morgan fingerprint density at radius 2 is 2.21 bits per heavy atom. The third-order valence-corrected chi connectivity index (χ3v) is 5.08. The van der Waals surface area contributed by atoms with E-state index < -0.39 is 6.17 Å². The molecule has 28 heavy (non-hydrogen) atoms. The molecule has 2 amide bonds. The van der Waals surface area contributed by atoms with Gasteiger partial charge in [-0.05, 0) is 31.4 Å². The zero-order chi connectivity index (χ0) is 19.9. The van der Waals surface area contributed by atoms with E-state index in [0.29, 0.717) is 12.2 Å². The summed E-state index contributed by atoms with van der Waals surface area (Å²) in [6.07, 6.45) is 5.45. The van der Waals surface area contributed by atoms with E-state index in [9.17, 15) is 9.18 Å². The first-order valence-electron chi connectivity index (χ1n) is 9.80. The maximum Gasteiger partial charge on any atom is 0.323 e. The smallest absolute Gasteiger partial charge is 0.323 e. The molecule has 1 saturated heterocycles. The molecule has 154 valence electrons. The summed E-state index contributed by atoms with van der Waals surface area (Å²) >= 11 is 0. The SMILES string of the molecule is CCCC(F)Cn1ccc(NC(=O)N(C)C2CCN(c3cccnn3)CC2)n1.[HH]. The van der Waals surface area contributed by atoms with E-state index in [1.54, 1.807) is 30.4 Å². The average Bonchev–Trinajstić information content (AvgIpc) is 3.15. The van der Waals surface area contributed by atoms with Gasteiger partial charge in [-0.25, -0.2) is 9.18 Å². The molecule has 3 rings (SSSR count). The summed E-state index contributed by atoms with van der Waals surface area (Å²) in [5.41, 5.74) is 0. The molecule has 1 fully saturated rings. The minimum Gasteiger partial charge on any atom is -0.355 e. The number of urea groups is 1. The molecule has 3 heterocycles. The van der Waals surface area contributed by atoms with Gasteiger partial charge in [0.15, 0.2) is 11.6 Å². The highest BCUT2D eigenvalue weighted by Crippen LogP contribution is 2.20. The van der Waals surface area contributed by atoms with Crippen LogP contribution >= 0.6 is 0 Å². The molecular formula is C19H30FN7O. The van der Waals surface area contributed by atoms with Gasteiger partial charge in [-0.15, -0.1) is 5.10 Å². The van der Waals surface area contributed by atoms with Crippen LogP contribution in [-0.2, 0) is 6.54 Å². The highest BCUT2D eigenvalue weighted by atomic mass is 19.1. The predicted octanol–water partition coefficient (Wildman–Crippen LogP) is 3.19. The number of alkyl halides is 1. The van der Waals surface area contributed by atoms with Crippen LogP contribution in [0.3, 0.4) is 0 Å². The van der Waals surface area contributed by atoms with Crippen LogP contribution in [0, 0.1) is 0 Å². The van der Waals surface area contributed by atoms with E-state index in [-0.39, 0.29) is 20.0 Å². The molecule has 0 bridgehead atoms. The number of nitrogens with zero attached hydrogens (tertiary/aromatic N) is 6. The summed E-state index contributed by atoms with van der Waals surface area (Å²) in [6.45, 7) is 3.81. The quantitative estimate of drug-likeness (QED) is 0.784. The molecule has 0 aliphatic carbocycles. The van der Waals surface area contributed by atoms with Crippen molar-refractivity contribution in [2.75, 3.05) is 30.4 Å². The molecule has 0 aromatic carbocycles. The topological polar surface area (TPSA) is 79.2 Å². The molecule has 2 aromatic heterocycles. The van der Waals surface area contributed by atoms with Crippen LogP contribution in [-0.4, -0.2) is 63.3 Å². The molecule has 1 unspecified atom stereocenters. The number of aromatic nitrogens is 4. The fourth-order valence-corrected chi connectivity index (χ4v) is 3.45. The number of halogens is 1. The van der Waals surface area contributed by atoms with Crippen molar-refractivity contribution in [1.82, 2.24) is 24.9 Å². The first kappa shape index (κ1) is 20.0. The highest BCUT2D eigenvalue weighted by molar-refractivity contribution is 5.88. The number of piperidine rings is 1. The van der Waals surface area contributed by atoms with Crippen molar-refractivity contribution in [1.29, 1.82) is 0 Å². The first-order chi connectivity index (χ1) is 13.6. The van der Waals surface area contributed by atoms with E-state index in [1.165, 1.54) is 4.68 Å². The zero-order valence-electron chi connectivity index (χ0n) is 16.5. The van der Waals surface area contributed by atoms with Crippen molar-refractivity contribution in [2.24, 2.45) is 0 Å². The molecular weight excluding hydrogens is 361 g/mol. The van der Waals surface area contributed by atoms with Crippen molar-refractivity contribution < 1.29 is 10.6 Å². The Bertz CT molecular complexity index is 752. The number of amides is 2. The number of anilines is 2. The number of carbonyl (C=O) groups excluding carboxylic acids is 1. The van der Waals surface area contributed by atoms with Crippen LogP contribution in [0.5, 0.6) is 0 Å². The second-order valence-electron chi connectivity index (χ2n) is 7.15. The Labute approximate surface area is 166 Å². The predicted molar refractivity (Wildman–Crippen MR) is 108 cm³/mol. The van der Waals surface area contributed by atoms with Crippen LogP contribution in [0.4, 0.5) is 20.8 Å². The average molecular weight is 391 g/mol. The monoisotopic (exact) mass is 391 g/mol. The lowest BCUT2D eigenvalue weighted by Gasteiger charge is -2.36. The molecule has 1 aliphatic heterocycles. The third kappa shape index (κ3) is 5.17. The van der Waals surface area contributed by atoms with Gasteiger partial charge in [-0.2, -0.15) is 10.2 Å². The molecule has 0 radical (unpaired) electrons. The lowest BCUT2D eigenvalue weighted by Crippen LogP contribution is -2.47. The molecule has 1 N–H and O–H groups in total. The fraction of sp³-hybridized carbons (Fsp3) is 0.579. The number of hydrogen-bond acceptors (Lipinski definition) is 5. The van der Waals surface area contributed by atoms with Crippen molar-refractivity contribution in [3.63, 3.8) is 0 Å². The van der Waals surface area contributed by atoms with E-state index >= 15 is 0 Å². The summed E-state index contributed by atoms with van der Waals surface area (Å²) in [6, 6.07) is 5.47. The van der Waals surface area contributed by atoms with Gasteiger partial charge in [0.05, 0.1) is 6.54 Å². The van der Waals surface area contributed by atoms with Crippen LogP contribution in [0.2, 0.25) is 0 Å². The van der Waals surface area contributed by atoms with Crippen LogP contribution < -0.4 is 10.2 Å². The summed E-state index contributed by atoms with van der Waals surface area (Å²) < 4.78 is 15.3. The minimum atomic E-state index is -0.921. The van der Waals surface area contributed by atoms with E-state index in [0.717, 1.165) is 38.2 Å². The zero-order valence-corrected chi connectivity index (χ0v) is 16.5. The summed E-state index contributed by atoms with van der Waals surface area (Å²) in [4.78, 5) is 16.5. The molecule has 1 atom stereocenters. The van der Waals surface area contributed by atoms with Crippen molar-refractivity contribution in [3.8, 4) is 0 Å². The normalized spacial score (nSPS) is 16.0. The van der Waals surface area contributed by atoms with Crippen LogP contribution in [0.15, 0.2) is 30.6 Å². The van der Waals surface area contributed by atoms with Crippen molar-refractivity contribution in [3.05, 3.63) is 30.6 Å². The fourth-order valence-electron chi connectivity index (χ4n) is 3.45. The number of nitrogens with one attached hydrogen (secondary N) is 1. The molecule has 8 nitrogen and oxygen atoms in total. The Morgan fingerprint density at radius 3 is 2.89 bits per heavy atom. The van der Waals surface area contributed by atoms with Gasteiger partial charge in [-0.1, -0.05) is 13.3 Å². The Morgan fingerprint density at radius 1 is 1.43 bits per heavy atom. The lowest BCUT2D eigenvalue weighted by atomic mass is 10.0. The van der Waals surface area contributed by atoms with Gasteiger partial charge in [-0.3, -0.25) is 10.00 Å². The molecule has 1 aliphatic rings. The summed E-state index contributed by atoms with van der Waals surface area (Å²) in [5, 5.41) is 15.1. The standard InChI is InChI=1S/C19H28FN7O.H2/c1-3-5-15(20)14-27-13-9-17(24-27)22-19(28)25(2)16-7-11-26(12-8-16)18-6-4-10-21-23-18;/h4,6,9-10,13,15-16H,3,5,7-8,11-12,14H2,1-2H3,(H,22,24,28);1H. The number of rotatable bonds is 7. The molecule has 0 spiro atoms. The summed E-state index contributed by atoms with van der Waals surface area (Å²) in [7, 11) is 1.80. The van der Waals surface area contributed by atoms with Gasteiger partial charge in [0, 0.05) is 46.1 Å². The van der Waals surface area contributed by atoms with E-state index in [1.807, 2.05) is 19.1 Å². The second-order valence-corrected chi connectivity index (χ2v) is 7.15. The van der Waals surface area contributed by atoms with Crippen molar-refractivity contribution >= 4 is 17.7 Å². The molecule has 2 aromatic rings. The number of carbonyl (C=O) groups is 1. The van der Waals surface area contributed by atoms with Crippen LogP contribution in [0.1, 0.15) is 34.0 Å². The second kappa shape index (κ2) is 9.48. The van der Waals surface area contributed by atoms with Crippen molar-refractivity contribution in [2.45, 2.75) is 51.4 Å². The van der Waals surface area contributed by atoms with Gasteiger partial charge in [0.1, 0.15) is 6.17 Å².